The standard InChI is InChI=1S/C24H35N3O3/c1-18(2)30-23(28)17-27-21-14-9-8-13-20(21)26-22(27)15-7-4-10-16-25-24(29)19-11-5-3-6-12-19/h8-9,13-14,18-19H,3-7,10-12,15-17H2,1-2H3,(H,25,29). The first-order valence-electron chi connectivity index (χ1n) is 11.5. The number of hydrogen-bond donors (Lipinski definition) is 1. The van der Waals surface area contributed by atoms with Crippen LogP contribution in [-0.2, 0) is 27.3 Å². The van der Waals surface area contributed by atoms with Gasteiger partial charge in [-0.25, -0.2) is 4.98 Å². The van der Waals surface area contributed by atoms with Crippen molar-refractivity contribution >= 4 is 22.9 Å². The van der Waals surface area contributed by atoms with Gasteiger partial charge in [-0.1, -0.05) is 37.8 Å². The van der Waals surface area contributed by atoms with Gasteiger partial charge in [0.2, 0.25) is 5.91 Å². The van der Waals surface area contributed by atoms with Gasteiger partial charge < -0.3 is 14.6 Å². The molecular weight excluding hydrogens is 378 g/mol. The molecule has 1 saturated carbocycles. The molecule has 2 aromatic rings. The number of aryl methyl sites for hydroxylation is 1. The molecule has 6 nitrogen and oxygen atoms in total. The zero-order chi connectivity index (χ0) is 21.3. The third-order valence-electron chi connectivity index (χ3n) is 5.74. The number of unbranched alkanes of at least 4 members (excludes halogenated alkanes) is 2. The van der Waals surface area contributed by atoms with Gasteiger partial charge in [0.05, 0.1) is 17.1 Å². The van der Waals surface area contributed by atoms with E-state index in [1.807, 2.05) is 42.7 Å². The van der Waals surface area contributed by atoms with Crippen molar-refractivity contribution in [3.05, 3.63) is 30.1 Å². The number of ether oxygens (including phenoxy) is 1. The number of imidazole rings is 1. The minimum absolute atomic E-state index is 0.125. The Bertz CT molecular complexity index is 837. The van der Waals surface area contributed by atoms with E-state index in [1.165, 1.54) is 19.3 Å². The third-order valence-corrected chi connectivity index (χ3v) is 5.74. The van der Waals surface area contributed by atoms with Gasteiger partial charge in [-0.2, -0.15) is 0 Å². The fraction of sp³-hybridized carbons (Fsp3) is 0.625. The molecule has 1 aromatic heterocycles. The fourth-order valence-corrected chi connectivity index (χ4v) is 4.23. The Morgan fingerprint density at radius 3 is 2.67 bits per heavy atom. The molecule has 0 unspecified atom stereocenters. The molecule has 1 aliphatic rings. The van der Waals surface area contributed by atoms with Gasteiger partial charge in [-0.3, -0.25) is 9.59 Å². The Hall–Kier alpha value is -2.37. The summed E-state index contributed by atoms with van der Waals surface area (Å²) in [4.78, 5) is 29.2. The minimum atomic E-state index is -0.236. The maximum Gasteiger partial charge on any atom is 0.326 e. The average molecular weight is 414 g/mol. The van der Waals surface area contributed by atoms with Gasteiger partial charge in [0.1, 0.15) is 12.4 Å². The van der Waals surface area contributed by atoms with Crippen molar-refractivity contribution in [1.82, 2.24) is 14.9 Å². The highest BCUT2D eigenvalue weighted by Crippen LogP contribution is 2.23. The summed E-state index contributed by atoms with van der Waals surface area (Å²) in [7, 11) is 0. The number of nitrogens with one attached hydrogen (secondary N) is 1. The molecule has 1 aliphatic carbocycles. The number of fused-ring (bicyclic) bond motifs is 1. The van der Waals surface area contributed by atoms with Crippen molar-refractivity contribution in [3.63, 3.8) is 0 Å². The summed E-state index contributed by atoms with van der Waals surface area (Å²) in [5, 5.41) is 3.11. The van der Waals surface area contributed by atoms with Gasteiger partial charge in [0.25, 0.3) is 0 Å². The Balaban J connectivity index is 1.47. The first-order chi connectivity index (χ1) is 14.5. The highest BCUT2D eigenvalue weighted by molar-refractivity contribution is 5.79. The number of carbonyl (C=O) groups is 2. The second-order valence-electron chi connectivity index (χ2n) is 8.58. The molecule has 1 fully saturated rings. The second kappa shape index (κ2) is 11.1. The van der Waals surface area contributed by atoms with Crippen molar-refractivity contribution in [1.29, 1.82) is 0 Å². The fourth-order valence-electron chi connectivity index (χ4n) is 4.23. The Labute approximate surface area is 179 Å². The van der Waals surface area contributed by atoms with Crippen molar-refractivity contribution in [2.45, 2.75) is 84.3 Å². The van der Waals surface area contributed by atoms with Crippen LogP contribution in [0.4, 0.5) is 0 Å². The van der Waals surface area contributed by atoms with Crippen LogP contribution in [0.3, 0.4) is 0 Å². The van der Waals surface area contributed by atoms with Crippen LogP contribution >= 0.6 is 0 Å². The third kappa shape index (κ3) is 6.31. The van der Waals surface area contributed by atoms with Crippen LogP contribution in [0.1, 0.15) is 71.0 Å². The van der Waals surface area contributed by atoms with Crippen LogP contribution in [-0.4, -0.2) is 34.1 Å². The molecule has 1 aromatic carbocycles. The summed E-state index contributed by atoms with van der Waals surface area (Å²) < 4.78 is 7.31. The number of benzene rings is 1. The van der Waals surface area contributed by atoms with Crippen LogP contribution in [0, 0.1) is 5.92 Å². The van der Waals surface area contributed by atoms with Gasteiger partial charge in [0, 0.05) is 18.9 Å². The molecule has 0 aliphatic heterocycles. The number of hydrogen-bond acceptors (Lipinski definition) is 4. The largest absolute Gasteiger partial charge is 0.462 e. The van der Waals surface area contributed by atoms with Gasteiger partial charge in [0.15, 0.2) is 0 Å². The van der Waals surface area contributed by atoms with E-state index < -0.39 is 0 Å². The van der Waals surface area contributed by atoms with E-state index in [1.54, 1.807) is 0 Å². The average Bonchev–Trinajstić information content (AvgIpc) is 3.07. The molecule has 0 saturated heterocycles. The monoisotopic (exact) mass is 413 g/mol. The smallest absolute Gasteiger partial charge is 0.326 e. The molecule has 6 heteroatoms. The van der Waals surface area contributed by atoms with E-state index in [0.717, 1.165) is 61.9 Å². The van der Waals surface area contributed by atoms with Crippen LogP contribution in [0.2, 0.25) is 0 Å². The van der Waals surface area contributed by atoms with Crippen molar-refractivity contribution in [2.75, 3.05) is 6.54 Å². The van der Waals surface area contributed by atoms with Crippen LogP contribution in [0.15, 0.2) is 24.3 Å². The number of amides is 1. The molecule has 164 valence electrons. The van der Waals surface area contributed by atoms with Crippen molar-refractivity contribution < 1.29 is 14.3 Å². The quantitative estimate of drug-likeness (QED) is 0.463. The molecule has 0 radical (unpaired) electrons. The van der Waals surface area contributed by atoms with E-state index in [4.69, 9.17) is 9.72 Å². The maximum absolute atomic E-state index is 12.2. The number of rotatable bonds is 10. The molecule has 1 amide bonds. The van der Waals surface area contributed by atoms with E-state index in [9.17, 15) is 9.59 Å². The van der Waals surface area contributed by atoms with Crippen molar-refractivity contribution in [2.24, 2.45) is 5.92 Å². The zero-order valence-electron chi connectivity index (χ0n) is 18.4. The molecule has 1 N–H and O–H groups in total. The Morgan fingerprint density at radius 2 is 1.90 bits per heavy atom. The predicted octanol–water partition coefficient (Wildman–Crippen LogP) is 4.40. The summed E-state index contributed by atoms with van der Waals surface area (Å²) in [5.41, 5.74) is 1.87. The van der Waals surface area contributed by atoms with Crippen LogP contribution in [0.25, 0.3) is 11.0 Å². The number of nitrogens with zero attached hydrogens (tertiary/aromatic N) is 2. The topological polar surface area (TPSA) is 73.2 Å². The highest BCUT2D eigenvalue weighted by atomic mass is 16.5. The summed E-state index contributed by atoms with van der Waals surface area (Å²) in [6, 6.07) is 7.90. The zero-order valence-corrected chi connectivity index (χ0v) is 18.4. The summed E-state index contributed by atoms with van der Waals surface area (Å²) >= 11 is 0. The normalized spacial score (nSPS) is 14.9. The lowest BCUT2D eigenvalue weighted by atomic mass is 9.89. The Kier molecular flexibility index (Phi) is 8.29. The molecular formula is C24H35N3O3. The van der Waals surface area contributed by atoms with Crippen molar-refractivity contribution in [3.8, 4) is 0 Å². The second-order valence-corrected chi connectivity index (χ2v) is 8.58. The Morgan fingerprint density at radius 1 is 1.13 bits per heavy atom. The van der Waals surface area contributed by atoms with E-state index >= 15 is 0 Å². The predicted molar refractivity (Wildman–Crippen MR) is 118 cm³/mol. The number of aromatic nitrogens is 2. The summed E-state index contributed by atoms with van der Waals surface area (Å²) in [6.45, 7) is 4.65. The highest BCUT2D eigenvalue weighted by Gasteiger charge is 2.20. The lowest BCUT2D eigenvalue weighted by Gasteiger charge is -2.20. The van der Waals surface area contributed by atoms with E-state index in [2.05, 4.69) is 5.32 Å². The summed E-state index contributed by atoms with van der Waals surface area (Å²) in [5.74, 6) is 1.15. The van der Waals surface area contributed by atoms with Crippen LogP contribution < -0.4 is 5.32 Å². The molecule has 30 heavy (non-hydrogen) atoms. The van der Waals surface area contributed by atoms with Crippen LogP contribution in [0.5, 0.6) is 0 Å². The first kappa shape index (κ1) is 22.3. The molecule has 3 rings (SSSR count). The maximum atomic E-state index is 12.2. The van der Waals surface area contributed by atoms with Gasteiger partial charge in [-0.05, 0) is 51.7 Å². The van der Waals surface area contributed by atoms with E-state index in [-0.39, 0.29) is 30.4 Å². The first-order valence-corrected chi connectivity index (χ1v) is 11.5. The number of para-hydroxylation sites is 2. The molecule has 1 heterocycles. The summed E-state index contributed by atoms with van der Waals surface area (Å²) in [6.07, 6.45) is 9.36. The molecule has 0 spiro atoms. The lowest BCUT2D eigenvalue weighted by Crippen LogP contribution is -2.32. The number of esters is 1. The minimum Gasteiger partial charge on any atom is -0.462 e. The number of carbonyl (C=O) groups excluding carboxylic acids is 2. The SMILES string of the molecule is CC(C)OC(=O)Cn1c(CCCCCNC(=O)C2CCCCC2)nc2ccccc21. The van der Waals surface area contributed by atoms with E-state index in [0.29, 0.717) is 0 Å². The van der Waals surface area contributed by atoms with Gasteiger partial charge in [-0.15, -0.1) is 0 Å². The molecule has 0 atom stereocenters. The lowest BCUT2D eigenvalue weighted by molar-refractivity contribution is -0.148. The van der Waals surface area contributed by atoms with Gasteiger partial charge >= 0.3 is 5.97 Å². The molecule has 0 bridgehead atoms.